The molecule has 48 heavy (non-hydrogen) atoms. The van der Waals surface area contributed by atoms with Gasteiger partial charge in [-0.15, -0.1) is 0 Å². The van der Waals surface area contributed by atoms with Gasteiger partial charge in [0.2, 0.25) is 0 Å². The molecule has 2 aliphatic heterocycles. The maximum Gasteiger partial charge on any atom is 0.354 e. The molecule has 4 aromatic rings. The summed E-state index contributed by atoms with van der Waals surface area (Å²) in [4.78, 5) is 44.3. The van der Waals surface area contributed by atoms with Crippen LogP contribution in [-0.2, 0) is 28.6 Å². The first kappa shape index (κ1) is 32.5. The average molecular weight is 648 g/mol. The number of ether oxygens (including phenoxy) is 5. The molecule has 246 valence electrons. The van der Waals surface area contributed by atoms with E-state index < -0.39 is 35.9 Å². The van der Waals surface area contributed by atoms with Gasteiger partial charge in [-0.05, 0) is 23.3 Å². The fourth-order valence-corrected chi connectivity index (χ4v) is 6.72. The van der Waals surface area contributed by atoms with E-state index >= 15 is 4.79 Å². The van der Waals surface area contributed by atoms with E-state index in [2.05, 4.69) is 0 Å². The van der Waals surface area contributed by atoms with Crippen LogP contribution in [0.4, 0.5) is 0 Å². The number of methoxy groups -OCH3 is 2. The monoisotopic (exact) mass is 647 g/mol. The van der Waals surface area contributed by atoms with Gasteiger partial charge in [0.25, 0.3) is 0 Å². The quantitative estimate of drug-likeness (QED) is 0.193. The van der Waals surface area contributed by atoms with E-state index in [9.17, 15) is 9.59 Å². The molecular formula is C39H37NO8. The Morgan fingerprint density at radius 3 is 1.56 bits per heavy atom. The normalized spacial score (nSPS) is 21.3. The molecule has 0 N–H and O–H groups in total. The summed E-state index contributed by atoms with van der Waals surface area (Å²) in [5.41, 5.74) is 2.69. The van der Waals surface area contributed by atoms with Gasteiger partial charge in [-0.3, -0.25) is 4.79 Å². The van der Waals surface area contributed by atoms with Gasteiger partial charge in [0.05, 0.1) is 57.4 Å². The molecule has 0 aromatic heterocycles. The Kier molecular flexibility index (Phi) is 10.2. The molecule has 2 bridgehead atoms. The Labute approximate surface area is 279 Å². The third kappa shape index (κ3) is 6.55. The second-order valence-corrected chi connectivity index (χ2v) is 11.4. The summed E-state index contributed by atoms with van der Waals surface area (Å²) in [5, 5.41) is 0. The minimum atomic E-state index is -0.854. The molecule has 9 nitrogen and oxygen atoms in total. The molecule has 0 amide bonds. The highest BCUT2D eigenvalue weighted by atomic mass is 16.5. The average Bonchev–Trinajstić information content (AvgIpc) is 3.13. The van der Waals surface area contributed by atoms with Gasteiger partial charge >= 0.3 is 11.9 Å². The lowest BCUT2D eigenvalue weighted by Crippen LogP contribution is -2.50. The van der Waals surface area contributed by atoms with Gasteiger partial charge in [0.1, 0.15) is 30.4 Å². The number of para-hydroxylation sites is 2. The smallest absolute Gasteiger partial charge is 0.354 e. The maximum absolute atomic E-state index is 15.4. The molecule has 2 heterocycles. The molecule has 4 atom stereocenters. The zero-order valence-corrected chi connectivity index (χ0v) is 26.8. The molecule has 0 saturated carbocycles. The molecule has 9 heteroatoms. The lowest BCUT2D eigenvalue weighted by atomic mass is 9.68. The van der Waals surface area contributed by atoms with E-state index in [1.165, 1.54) is 14.2 Å². The number of fused-ring (bicyclic) bond motifs is 6. The van der Waals surface area contributed by atoms with E-state index in [4.69, 9.17) is 23.7 Å². The van der Waals surface area contributed by atoms with Crippen molar-refractivity contribution < 1.29 is 38.1 Å². The minimum absolute atomic E-state index is 0.0685. The summed E-state index contributed by atoms with van der Waals surface area (Å²) in [5.74, 6) is -2.19. The highest BCUT2D eigenvalue weighted by Crippen LogP contribution is 2.57. The minimum Gasteiger partial charge on any atom is -0.491 e. The zero-order chi connectivity index (χ0) is 33.5. The standard InChI is InChI=1S/C39H37NO8/c1-44-33(41)25-30(39(43)45-2)40-36-28-17-9-11-19-31(28)47-23-21-46-22-24-48-32-20-12-10-18-29(32)37(40)35(27-15-7-4-8-16-27)38(42)34(36)26-13-5-3-6-14-26/h3-20,25,34-37H,21-24H2,1-2H3/b30-25+/t34-,35+,36-,37+. The predicted molar refractivity (Wildman–Crippen MR) is 178 cm³/mol. The van der Waals surface area contributed by atoms with Crippen LogP contribution in [0.3, 0.4) is 0 Å². The number of benzene rings is 4. The van der Waals surface area contributed by atoms with Gasteiger partial charge in [-0.1, -0.05) is 97.1 Å². The number of nitrogens with zero attached hydrogens (tertiary/aromatic N) is 1. The highest BCUT2D eigenvalue weighted by Gasteiger charge is 2.54. The predicted octanol–water partition coefficient (Wildman–Crippen LogP) is 5.94. The third-order valence-electron chi connectivity index (χ3n) is 8.74. The summed E-state index contributed by atoms with van der Waals surface area (Å²) >= 11 is 0. The first-order valence-electron chi connectivity index (χ1n) is 15.8. The van der Waals surface area contributed by atoms with Crippen LogP contribution in [-0.4, -0.2) is 63.3 Å². The first-order valence-corrected chi connectivity index (χ1v) is 15.8. The number of hydrogen-bond acceptors (Lipinski definition) is 9. The Morgan fingerprint density at radius 1 is 0.646 bits per heavy atom. The van der Waals surface area contributed by atoms with Crippen LogP contribution in [0.25, 0.3) is 0 Å². The molecule has 0 aliphatic carbocycles. The molecule has 1 fully saturated rings. The first-order chi connectivity index (χ1) is 23.5. The van der Waals surface area contributed by atoms with Gasteiger partial charge in [-0.25, -0.2) is 9.59 Å². The second kappa shape index (κ2) is 15.0. The number of esters is 2. The van der Waals surface area contributed by atoms with Crippen LogP contribution < -0.4 is 9.47 Å². The van der Waals surface area contributed by atoms with Crippen molar-refractivity contribution in [3.8, 4) is 11.5 Å². The van der Waals surface area contributed by atoms with Crippen LogP contribution in [0.2, 0.25) is 0 Å². The molecule has 4 aromatic carbocycles. The van der Waals surface area contributed by atoms with Gasteiger partial charge in [-0.2, -0.15) is 0 Å². The van der Waals surface area contributed by atoms with Gasteiger partial charge < -0.3 is 28.6 Å². The third-order valence-corrected chi connectivity index (χ3v) is 8.74. The number of piperidine rings is 1. The zero-order valence-electron chi connectivity index (χ0n) is 26.8. The van der Waals surface area contributed by atoms with Crippen LogP contribution in [0, 0.1) is 0 Å². The summed E-state index contributed by atoms with van der Waals surface area (Å²) in [6.45, 7) is 1.09. The molecule has 1 saturated heterocycles. The van der Waals surface area contributed by atoms with E-state index in [1.807, 2.05) is 114 Å². The van der Waals surface area contributed by atoms with Crippen molar-refractivity contribution in [3.05, 3.63) is 143 Å². The molecular weight excluding hydrogens is 610 g/mol. The Bertz CT molecular complexity index is 1670. The summed E-state index contributed by atoms with van der Waals surface area (Å²) in [6.07, 6.45) is 1.13. The number of ketones is 1. The summed E-state index contributed by atoms with van der Waals surface area (Å²) in [7, 11) is 2.50. The van der Waals surface area contributed by atoms with Crippen LogP contribution in [0.1, 0.15) is 46.2 Å². The van der Waals surface area contributed by atoms with E-state index in [-0.39, 0.29) is 24.7 Å². The number of Topliss-reactive ketones (excluding diaryl/α,β-unsaturated/α-hetero) is 1. The number of rotatable bonds is 5. The number of carbonyl (C=O) groups excluding carboxylic acids is 3. The van der Waals surface area contributed by atoms with Crippen molar-refractivity contribution in [2.24, 2.45) is 0 Å². The van der Waals surface area contributed by atoms with Crippen molar-refractivity contribution in [2.45, 2.75) is 23.9 Å². The number of hydrogen-bond donors (Lipinski definition) is 0. The van der Waals surface area contributed by atoms with Crippen molar-refractivity contribution in [1.82, 2.24) is 4.90 Å². The fourth-order valence-electron chi connectivity index (χ4n) is 6.72. The molecule has 6 rings (SSSR count). The Balaban J connectivity index is 1.76. The Hall–Kier alpha value is -5.41. The largest absolute Gasteiger partial charge is 0.491 e. The van der Waals surface area contributed by atoms with Crippen LogP contribution in [0.15, 0.2) is 121 Å². The lowest BCUT2D eigenvalue weighted by molar-refractivity contribution is -0.143. The van der Waals surface area contributed by atoms with E-state index in [0.717, 1.165) is 17.2 Å². The molecule has 0 unspecified atom stereocenters. The molecule has 0 spiro atoms. The van der Waals surface area contributed by atoms with E-state index in [0.29, 0.717) is 35.8 Å². The SMILES string of the molecule is COC(=O)/C=C(\C(=O)OC)N1[C@@H]2c3ccccc3OCCOCCOc3ccccc3[C@H]1[C@H](c1ccccc1)C(=O)[C@@H]2c1ccccc1. The maximum atomic E-state index is 15.4. The topological polar surface area (TPSA) is 101 Å². The van der Waals surface area contributed by atoms with Gasteiger partial charge in [0.15, 0.2) is 5.78 Å². The Morgan fingerprint density at radius 2 is 1.10 bits per heavy atom. The second-order valence-electron chi connectivity index (χ2n) is 11.4. The molecule has 2 aliphatic rings. The molecule has 0 radical (unpaired) electrons. The van der Waals surface area contributed by atoms with Crippen LogP contribution >= 0.6 is 0 Å². The highest BCUT2D eigenvalue weighted by molar-refractivity contribution is 5.99. The lowest BCUT2D eigenvalue weighted by Gasteiger charge is -2.51. The van der Waals surface area contributed by atoms with Crippen molar-refractivity contribution >= 4 is 17.7 Å². The summed E-state index contributed by atoms with van der Waals surface area (Å²) < 4.78 is 28.9. The van der Waals surface area contributed by atoms with Crippen molar-refractivity contribution in [2.75, 3.05) is 40.6 Å². The summed E-state index contributed by atoms with van der Waals surface area (Å²) in [6, 6.07) is 32.1. The van der Waals surface area contributed by atoms with E-state index in [1.54, 1.807) is 0 Å². The van der Waals surface area contributed by atoms with Crippen LogP contribution in [0.5, 0.6) is 11.5 Å². The number of carbonyl (C=O) groups is 3. The van der Waals surface area contributed by atoms with Crippen molar-refractivity contribution in [1.29, 1.82) is 0 Å². The van der Waals surface area contributed by atoms with Crippen molar-refractivity contribution in [3.63, 3.8) is 0 Å². The van der Waals surface area contributed by atoms with Gasteiger partial charge in [0, 0.05) is 11.1 Å². The fraction of sp³-hybridized carbons (Fsp3) is 0.256.